The van der Waals surface area contributed by atoms with E-state index in [1.54, 1.807) is 22.0 Å². The maximum Gasteiger partial charge on any atom is 0.327 e. The highest BCUT2D eigenvalue weighted by atomic mass is 79.9. The first kappa shape index (κ1) is 27.5. The topological polar surface area (TPSA) is 52.7 Å². The first-order chi connectivity index (χ1) is 15.4. The van der Waals surface area contributed by atoms with Gasteiger partial charge in [0.05, 0.1) is 27.6 Å². The van der Waals surface area contributed by atoms with Crippen molar-refractivity contribution in [2.24, 2.45) is 5.41 Å². The van der Waals surface area contributed by atoms with Crippen molar-refractivity contribution < 1.29 is 9.59 Å². The monoisotopic (exact) mass is 501 g/mol. The van der Waals surface area contributed by atoms with Crippen molar-refractivity contribution in [1.29, 1.82) is 0 Å². The van der Waals surface area contributed by atoms with Crippen molar-refractivity contribution in [3.63, 3.8) is 0 Å². The Hall–Kier alpha value is -2.52. The maximum atomic E-state index is 13.4. The van der Waals surface area contributed by atoms with Crippen LogP contribution in [0.1, 0.15) is 53.0 Å². The number of amides is 3. The Morgan fingerprint density at radius 2 is 1.72 bits per heavy atom. The minimum Gasteiger partial charge on any atom is -0.340 e. The molecule has 1 aromatic carbocycles. The highest BCUT2D eigenvalue weighted by Crippen LogP contribution is 2.36. The molecule has 0 radical (unpaired) electrons. The first-order valence-corrected chi connectivity index (χ1v) is 12.0. The van der Waals surface area contributed by atoms with Crippen LogP contribution in [0.15, 0.2) is 65.6 Å². The van der Waals surface area contributed by atoms with Gasteiger partial charge in [0.15, 0.2) is 0 Å². The van der Waals surface area contributed by atoms with Gasteiger partial charge in [-0.1, -0.05) is 69.5 Å². The molecule has 32 heavy (non-hydrogen) atoms. The molecule has 0 saturated carbocycles. The molecule has 1 heterocycles. The summed E-state index contributed by atoms with van der Waals surface area (Å²) in [6.45, 7) is 12.9. The largest absolute Gasteiger partial charge is 0.340 e. The Balaban J connectivity index is 0.00000121. The van der Waals surface area contributed by atoms with Crippen LogP contribution in [0, 0.1) is 5.41 Å². The number of carbonyl (C=O) groups excluding carboxylic acids is 2. The summed E-state index contributed by atoms with van der Waals surface area (Å²) in [5.41, 5.74) is 7.13. The summed E-state index contributed by atoms with van der Waals surface area (Å²) in [6, 6.07) is 9.74. The zero-order valence-corrected chi connectivity index (χ0v) is 21.9. The summed E-state index contributed by atoms with van der Waals surface area (Å²) in [5, 5.41) is 0. The molecule has 3 rings (SSSR count). The summed E-state index contributed by atoms with van der Waals surface area (Å²) in [5.74, 6) is 0.0607. The molecule has 6 heteroatoms. The molecular formula is C26H36BrN3O2. The highest BCUT2D eigenvalue weighted by Gasteiger charge is 2.43. The molecule has 2 atom stereocenters. The van der Waals surface area contributed by atoms with Crippen molar-refractivity contribution in [2.75, 3.05) is 20.1 Å². The average molecular weight is 502 g/mol. The van der Waals surface area contributed by atoms with Gasteiger partial charge in [0.1, 0.15) is 0 Å². The number of nitrogens with zero attached hydrogens (tertiary/aromatic N) is 2. The number of hydrogen-bond acceptors (Lipinski definition) is 2. The Kier molecular flexibility index (Phi) is 11.3. The number of rotatable bonds is 4. The number of nitrogens with one attached hydrogen (secondary N) is 1. The Labute approximate surface area is 201 Å². The lowest BCUT2D eigenvalue weighted by Crippen LogP contribution is -2.48. The van der Waals surface area contributed by atoms with Gasteiger partial charge >= 0.3 is 6.03 Å². The zero-order chi connectivity index (χ0) is 24.3. The predicted molar refractivity (Wildman–Crippen MR) is 135 cm³/mol. The normalized spacial score (nSPS) is 18.6. The van der Waals surface area contributed by atoms with Gasteiger partial charge in [-0.05, 0) is 43.2 Å². The smallest absolute Gasteiger partial charge is 0.327 e. The number of carbonyl (C=O) groups is 2. The minimum absolute atomic E-state index is 0.0131. The molecule has 0 aromatic heterocycles. The molecule has 0 spiro atoms. The van der Waals surface area contributed by atoms with Gasteiger partial charge in [-0.25, -0.2) is 4.79 Å². The summed E-state index contributed by atoms with van der Waals surface area (Å²) in [7, 11) is 1.83. The van der Waals surface area contributed by atoms with E-state index in [1.165, 1.54) is 0 Å². The van der Waals surface area contributed by atoms with E-state index in [-0.39, 0.29) is 23.9 Å². The summed E-state index contributed by atoms with van der Waals surface area (Å²) >= 11 is 3.02. The molecule has 1 N–H and O–H groups in total. The first-order valence-electron chi connectivity index (χ1n) is 11.2. The maximum absolute atomic E-state index is 13.4. The second-order valence-electron chi connectivity index (χ2n) is 7.65. The molecule has 5 nitrogen and oxygen atoms in total. The molecule has 1 aliphatic carbocycles. The fraction of sp³-hybridized carbons (Fsp3) is 0.462. The van der Waals surface area contributed by atoms with Gasteiger partial charge in [0.25, 0.3) is 0 Å². The third-order valence-electron chi connectivity index (χ3n) is 5.62. The van der Waals surface area contributed by atoms with Crippen LogP contribution in [0.3, 0.4) is 0 Å². The molecule has 1 fully saturated rings. The van der Waals surface area contributed by atoms with Crippen molar-refractivity contribution in [2.45, 2.75) is 53.5 Å². The minimum atomic E-state index is -0.702. The quantitative estimate of drug-likeness (QED) is 0.417. The Bertz CT molecular complexity index is 895. The predicted octanol–water partition coefficient (Wildman–Crippen LogP) is 5.82. The number of halogens is 1. The SMILES string of the molecule is CC.CC.CN(C(=O)C(C)(C)C1=CC=C=C=C1)[C@@H]1CN(C(=O)NBr)C[C@H]1c1ccccc1. The molecule has 3 amide bonds. The van der Waals surface area contributed by atoms with E-state index in [0.717, 1.165) is 11.1 Å². The van der Waals surface area contributed by atoms with E-state index in [2.05, 4.69) is 44.1 Å². The lowest BCUT2D eigenvalue weighted by molar-refractivity contribution is -0.139. The van der Waals surface area contributed by atoms with Crippen LogP contribution in [0.5, 0.6) is 0 Å². The van der Waals surface area contributed by atoms with Crippen molar-refractivity contribution >= 4 is 28.1 Å². The Morgan fingerprint density at radius 3 is 2.25 bits per heavy atom. The fourth-order valence-electron chi connectivity index (χ4n) is 3.88. The molecule has 0 unspecified atom stereocenters. The van der Waals surface area contributed by atoms with Crippen LogP contribution in [-0.4, -0.2) is 47.9 Å². The van der Waals surface area contributed by atoms with Gasteiger partial charge in [-0.15, -0.1) is 0 Å². The molecule has 1 aromatic rings. The number of allylic oxidation sites excluding steroid dienone is 3. The van der Waals surface area contributed by atoms with E-state index in [1.807, 2.05) is 72.9 Å². The summed E-state index contributed by atoms with van der Waals surface area (Å²) in [6.07, 6.45) is 5.48. The summed E-state index contributed by atoms with van der Waals surface area (Å²) in [4.78, 5) is 29.2. The third-order valence-corrected chi connectivity index (χ3v) is 5.96. The van der Waals surface area contributed by atoms with Crippen LogP contribution >= 0.6 is 16.1 Å². The number of hydrogen-bond donors (Lipinski definition) is 1. The van der Waals surface area contributed by atoms with Gasteiger partial charge in [0.2, 0.25) is 5.91 Å². The average Bonchev–Trinajstić information content (AvgIpc) is 3.31. The van der Waals surface area contributed by atoms with Crippen molar-refractivity contribution in [3.8, 4) is 0 Å². The molecule has 174 valence electrons. The number of likely N-dealkylation sites (N-methyl/N-ethyl adjacent to an activating group) is 1. The van der Waals surface area contributed by atoms with Gasteiger partial charge in [0, 0.05) is 26.1 Å². The van der Waals surface area contributed by atoms with E-state index in [9.17, 15) is 9.59 Å². The summed E-state index contributed by atoms with van der Waals surface area (Å²) < 4.78 is 2.51. The van der Waals surface area contributed by atoms with Crippen LogP contribution in [-0.2, 0) is 4.79 Å². The van der Waals surface area contributed by atoms with Gasteiger partial charge in [-0.3, -0.25) is 9.14 Å². The van der Waals surface area contributed by atoms with Crippen LogP contribution < -0.4 is 4.34 Å². The van der Waals surface area contributed by atoms with E-state index >= 15 is 0 Å². The molecular weight excluding hydrogens is 466 g/mol. The van der Waals surface area contributed by atoms with E-state index in [4.69, 9.17) is 0 Å². The number of benzene rings is 1. The zero-order valence-electron chi connectivity index (χ0n) is 20.3. The molecule has 1 aliphatic heterocycles. The number of likely N-dealkylation sites (tertiary alicyclic amines) is 1. The molecule has 0 bridgehead atoms. The number of urea groups is 1. The van der Waals surface area contributed by atoms with Gasteiger partial charge < -0.3 is 9.80 Å². The van der Waals surface area contributed by atoms with Crippen molar-refractivity contribution in [3.05, 3.63) is 71.2 Å². The van der Waals surface area contributed by atoms with Crippen LogP contribution in [0.4, 0.5) is 4.79 Å². The Morgan fingerprint density at radius 1 is 1.09 bits per heavy atom. The van der Waals surface area contributed by atoms with E-state index < -0.39 is 5.41 Å². The second kappa shape index (κ2) is 13.1. The standard InChI is InChI=1S/C22H24BrN3O2.2C2H6/c1-22(2,17-12-8-5-9-13-17)20(27)25(3)19-15-26(21(28)24-23)14-18(19)16-10-6-4-7-11-16;2*1-2/h4,6-8,10-13,18-19H,14-15H2,1-3H3,(H,24,28);2*1-2H3/t18-,19+;;/m0../s1. The fourth-order valence-corrected chi connectivity index (χ4v) is 4.13. The lowest BCUT2D eigenvalue weighted by Gasteiger charge is -2.36. The van der Waals surface area contributed by atoms with Crippen LogP contribution in [0.2, 0.25) is 0 Å². The van der Waals surface area contributed by atoms with Crippen molar-refractivity contribution in [1.82, 2.24) is 14.1 Å². The highest BCUT2D eigenvalue weighted by molar-refractivity contribution is 9.08. The van der Waals surface area contributed by atoms with Crippen LogP contribution in [0.25, 0.3) is 0 Å². The molecule has 1 saturated heterocycles. The third kappa shape index (κ3) is 6.26. The lowest BCUT2D eigenvalue weighted by atomic mass is 9.81. The van der Waals surface area contributed by atoms with E-state index in [0.29, 0.717) is 13.1 Å². The second-order valence-corrected chi connectivity index (χ2v) is 8.05. The van der Waals surface area contributed by atoms with Gasteiger partial charge in [-0.2, -0.15) is 0 Å². The molecule has 2 aliphatic rings.